The Hall–Kier alpha value is -1.89. The van der Waals surface area contributed by atoms with E-state index >= 15 is 0 Å². The standard InChI is InChI=1S/C10H6ClF3N2O2/c11-6-1-4(8-3-9(15)16-18-8)5(2-7(6)17)10(12,13)14/h1-3,17H,(H2,15,16). The number of nitrogens with two attached hydrogens (primary N) is 1. The van der Waals surface area contributed by atoms with Crippen LogP contribution in [0.5, 0.6) is 5.75 Å². The maximum absolute atomic E-state index is 12.8. The van der Waals surface area contributed by atoms with Crippen LogP contribution in [0.25, 0.3) is 11.3 Å². The summed E-state index contributed by atoms with van der Waals surface area (Å²) < 4.78 is 43.1. The highest BCUT2D eigenvalue weighted by atomic mass is 35.5. The van der Waals surface area contributed by atoms with E-state index in [0.717, 1.165) is 12.1 Å². The second-order valence-corrected chi connectivity index (χ2v) is 3.87. The summed E-state index contributed by atoms with van der Waals surface area (Å²) in [5.41, 5.74) is 3.85. The van der Waals surface area contributed by atoms with E-state index in [0.29, 0.717) is 6.07 Å². The van der Waals surface area contributed by atoms with Gasteiger partial charge in [-0.05, 0) is 12.1 Å². The molecule has 0 unspecified atom stereocenters. The molecule has 0 saturated carbocycles. The van der Waals surface area contributed by atoms with Gasteiger partial charge in [-0.2, -0.15) is 13.2 Å². The number of phenolic OH excluding ortho intramolecular Hbond substituents is 1. The van der Waals surface area contributed by atoms with Crippen LogP contribution in [-0.4, -0.2) is 10.3 Å². The second-order valence-electron chi connectivity index (χ2n) is 3.46. The Morgan fingerprint density at radius 3 is 2.44 bits per heavy atom. The van der Waals surface area contributed by atoms with Crippen molar-refractivity contribution >= 4 is 17.4 Å². The monoisotopic (exact) mass is 278 g/mol. The Morgan fingerprint density at radius 1 is 1.28 bits per heavy atom. The zero-order chi connectivity index (χ0) is 13.5. The lowest BCUT2D eigenvalue weighted by molar-refractivity contribution is -0.137. The molecule has 0 saturated heterocycles. The van der Waals surface area contributed by atoms with Crippen molar-refractivity contribution in [2.75, 3.05) is 5.73 Å². The first-order chi connectivity index (χ1) is 8.29. The van der Waals surface area contributed by atoms with Gasteiger partial charge < -0.3 is 15.4 Å². The molecule has 18 heavy (non-hydrogen) atoms. The summed E-state index contributed by atoms with van der Waals surface area (Å²) in [5, 5.41) is 12.3. The van der Waals surface area contributed by atoms with Crippen LogP contribution in [0.2, 0.25) is 5.02 Å². The maximum atomic E-state index is 12.8. The lowest BCUT2D eigenvalue weighted by Crippen LogP contribution is -2.07. The largest absolute Gasteiger partial charge is 0.506 e. The average Bonchev–Trinajstić information content (AvgIpc) is 2.67. The SMILES string of the molecule is Nc1cc(-c2cc(Cl)c(O)cc2C(F)(F)F)on1. The van der Waals surface area contributed by atoms with E-state index in [9.17, 15) is 18.3 Å². The lowest BCUT2D eigenvalue weighted by Gasteiger charge is -2.12. The topological polar surface area (TPSA) is 72.3 Å². The van der Waals surface area contributed by atoms with Crippen LogP contribution in [-0.2, 0) is 6.18 Å². The van der Waals surface area contributed by atoms with Gasteiger partial charge in [0.05, 0.1) is 10.6 Å². The molecule has 0 radical (unpaired) electrons. The minimum atomic E-state index is -4.67. The molecular weight excluding hydrogens is 273 g/mol. The number of halogens is 4. The average molecular weight is 279 g/mol. The van der Waals surface area contributed by atoms with Crippen molar-refractivity contribution in [1.82, 2.24) is 5.16 Å². The van der Waals surface area contributed by atoms with Gasteiger partial charge in [-0.3, -0.25) is 0 Å². The van der Waals surface area contributed by atoms with Crippen molar-refractivity contribution < 1.29 is 22.8 Å². The van der Waals surface area contributed by atoms with Crippen LogP contribution in [0.15, 0.2) is 22.7 Å². The van der Waals surface area contributed by atoms with Crippen LogP contribution in [0.4, 0.5) is 19.0 Å². The number of hydrogen-bond donors (Lipinski definition) is 2. The predicted octanol–water partition coefficient (Wildman–Crippen LogP) is 3.30. The molecule has 3 N–H and O–H groups in total. The van der Waals surface area contributed by atoms with Crippen LogP contribution in [0.3, 0.4) is 0 Å². The minimum absolute atomic E-state index is 0.0534. The molecule has 0 atom stereocenters. The maximum Gasteiger partial charge on any atom is 0.417 e. The number of aromatic hydroxyl groups is 1. The first-order valence-electron chi connectivity index (χ1n) is 4.61. The summed E-state index contributed by atoms with van der Waals surface area (Å²) in [4.78, 5) is 0. The summed E-state index contributed by atoms with van der Waals surface area (Å²) in [6, 6.07) is 2.61. The Balaban J connectivity index is 2.69. The molecule has 96 valence electrons. The van der Waals surface area contributed by atoms with E-state index in [-0.39, 0.29) is 22.2 Å². The molecule has 0 fully saturated rings. The quantitative estimate of drug-likeness (QED) is 0.839. The first kappa shape index (κ1) is 12.6. The van der Waals surface area contributed by atoms with E-state index in [1.807, 2.05) is 0 Å². The number of nitrogens with zero attached hydrogens (tertiary/aromatic N) is 1. The van der Waals surface area contributed by atoms with E-state index in [1.54, 1.807) is 0 Å². The molecule has 1 aromatic carbocycles. The molecule has 1 aromatic heterocycles. The molecule has 0 bridgehead atoms. The number of rotatable bonds is 1. The number of aromatic nitrogens is 1. The number of hydrogen-bond acceptors (Lipinski definition) is 4. The molecule has 8 heteroatoms. The van der Waals surface area contributed by atoms with Crippen molar-refractivity contribution in [1.29, 1.82) is 0 Å². The Bertz CT molecular complexity index is 595. The molecule has 0 aliphatic rings. The van der Waals surface area contributed by atoms with Crippen LogP contribution < -0.4 is 5.73 Å². The van der Waals surface area contributed by atoms with Crippen molar-refractivity contribution in [3.05, 3.63) is 28.8 Å². The van der Waals surface area contributed by atoms with E-state index < -0.39 is 17.5 Å². The van der Waals surface area contributed by atoms with Crippen LogP contribution >= 0.6 is 11.6 Å². The summed E-state index contributed by atoms with van der Waals surface area (Å²) in [6.07, 6.45) is -4.67. The third-order valence-electron chi connectivity index (χ3n) is 2.19. The summed E-state index contributed by atoms with van der Waals surface area (Å²) in [6.45, 7) is 0. The molecular formula is C10H6ClF3N2O2. The van der Waals surface area contributed by atoms with Gasteiger partial charge in [0.1, 0.15) is 5.75 Å². The number of phenols is 1. The third-order valence-corrected chi connectivity index (χ3v) is 2.49. The molecule has 0 spiro atoms. The van der Waals surface area contributed by atoms with E-state index in [1.165, 1.54) is 0 Å². The van der Waals surface area contributed by atoms with Crippen molar-refractivity contribution in [3.63, 3.8) is 0 Å². The van der Waals surface area contributed by atoms with Crippen LogP contribution in [0, 0.1) is 0 Å². The lowest BCUT2D eigenvalue weighted by atomic mass is 10.0. The molecule has 0 aliphatic carbocycles. The van der Waals surface area contributed by atoms with Crippen molar-refractivity contribution in [2.45, 2.75) is 6.18 Å². The van der Waals surface area contributed by atoms with Crippen molar-refractivity contribution in [2.24, 2.45) is 0 Å². The normalized spacial score (nSPS) is 11.8. The summed E-state index contributed by atoms with van der Waals surface area (Å²) in [5.74, 6) is -0.899. The zero-order valence-electron chi connectivity index (χ0n) is 8.62. The number of benzene rings is 1. The fourth-order valence-corrected chi connectivity index (χ4v) is 1.58. The van der Waals surface area contributed by atoms with Gasteiger partial charge in [0.15, 0.2) is 11.6 Å². The first-order valence-corrected chi connectivity index (χ1v) is 4.99. The van der Waals surface area contributed by atoms with Gasteiger partial charge in [-0.15, -0.1) is 0 Å². The van der Waals surface area contributed by atoms with Crippen LogP contribution in [0.1, 0.15) is 5.56 Å². The molecule has 0 aliphatic heterocycles. The Kier molecular flexibility index (Phi) is 2.86. The number of nitrogen functional groups attached to an aromatic ring is 1. The van der Waals surface area contributed by atoms with E-state index in [2.05, 4.69) is 9.68 Å². The van der Waals surface area contributed by atoms with Gasteiger partial charge >= 0.3 is 6.18 Å². The highest BCUT2D eigenvalue weighted by Crippen LogP contribution is 2.42. The van der Waals surface area contributed by atoms with Gasteiger partial charge in [0.25, 0.3) is 0 Å². The molecule has 1 heterocycles. The highest BCUT2D eigenvalue weighted by Gasteiger charge is 2.35. The Morgan fingerprint density at radius 2 is 1.94 bits per heavy atom. The molecule has 4 nitrogen and oxygen atoms in total. The fraction of sp³-hybridized carbons (Fsp3) is 0.100. The highest BCUT2D eigenvalue weighted by molar-refractivity contribution is 6.32. The zero-order valence-corrected chi connectivity index (χ0v) is 9.38. The van der Waals surface area contributed by atoms with Gasteiger partial charge in [-0.1, -0.05) is 16.8 Å². The smallest absolute Gasteiger partial charge is 0.417 e. The summed E-state index contributed by atoms with van der Waals surface area (Å²) >= 11 is 5.58. The third kappa shape index (κ3) is 2.21. The Labute approximate surface area is 104 Å². The fourth-order valence-electron chi connectivity index (χ4n) is 1.42. The summed E-state index contributed by atoms with van der Waals surface area (Å²) in [7, 11) is 0. The number of anilines is 1. The molecule has 2 rings (SSSR count). The van der Waals surface area contributed by atoms with Crippen molar-refractivity contribution in [3.8, 4) is 17.1 Å². The van der Waals surface area contributed by atoms with Gasteiger partial charge in [0, 0.05) is 11.6 Å². The predicted molar refractivity (Wildman–Crippen MR) is 58.0 cm³/mol. The molecule has 0 amide bonds. The van der Waals surface area contributed by atoms with Gasteiger partial charge in [0.2, 0.25) is 0 Å². The molecule has 2 aromatic rings. The minimum Gasteiger partial charge on any atom is -0.506 e. The van der Waals surface area contributed by atoms with Gasteiger partial charge in [-0.25, -0.2) is 0 Å². The number of alkyl halides is 3. The van der Waals surface area contributed by atoms with E-state index in [4.69, 9.17) is 17.3 Å². The second kappa shape index (κ2) is 4.09.